The van der Waals surface area contributed by atoms with Gasteiger partial charge in [-0.15, -0.1) is 11.3 Å². The highest BCUT2D eigenvalue weighted by Gasteiger charge is 2.13. The summed E-state index contributed by atoms with van der Waals surface area (Å²) in [5.41, 5.74) is 4.59. The van der Waals surface area contributed by atoms with Crippen LogP contribution in [0.5, 0.6) is 5.75 Å². The van der Waals surface area contributed by atoms with Gasteiger partial charge in [0.25, 0.3) is 0 Å². The molecule has 0 fully saturated rings. The van der Waals surface area contributed by atoms with Crippen LogP contribution in [0.3, 0.4) is 0 Å². The van der Waals surface area contributed by atoms with E-state index in [2.05, 4.69) is 20.3 Å². The first-order chi connectivity index (χ1) is 12.9. The summed E-state index contributed by atoms with van der Waals surface area (Å²) >= 11 is 2.70. The third-order valence-electron chi connectivity index (χ3n) is 3.68. The van der Waals surface area contributed by atoms with Crippen molar-refractivity contribution in [2.45, 2.75) is 25.9 Å². The number of nitrogens with one attached hydrogen (secondary N) is 1. The van der Waals surface area contributed by atoms with Crippen molar-refractivity contribution in [3.8, 4) is 17.0 Å². The standard InChI is InChI=1S/C19H20N4O2S2/c1-11-5-6-16(25-4)14(7-11)15-9-26-19(22-15)23-17(24)10-27-18-20-12(2)8-13(3)21-18/h5-9H,10H2,1-4H3,(H,22,23,24). The number of nitrogens with zero attached hydrogens (tertiary/aromatic N) is 3. The molecule has 6 nitrogen and oxygen atoms in total. The molecule has 0 atom stereocenters. The molecule has 0 saturated heterocycles. The van der Waals surface area contributed by atoms with E-state index in [1.54, 1.807) is 7.11 Å². The van der Waals surface area contributed by atoms with Crippen LogP contribution in [0.15, 0.2) is 34.8 Å². The number of carbonyl (C=O) groups is 1. The van der Waals surface area contributed by atoms with Gasteiger partial charge in [0.2, 0.25) is 5.91 Å². The zero-order chi connectivity index (χ0) is 19.4. The van der Waals surface area contributed by atoms with Gasteiger partial charge in [-0.1, -0.05) is 23.4 Å². The topological polar surface area (TPSA) is 77.0 Å². The average Bonchev–Trinajstić information content (AvgIpc) is 3.07. The van der Waals surface area contributed by atoms with Crippen LogP contribution in [0.4, 0.5) is 5.13 Å². The molecule has 0 spiro atoms. The number of hydrogen-bond donors (Lipinski definition) is 1. The van der Waals surface area contributed by atoms with Gasteiger partial charge in [-0.25, -0.2) is 15.0 Å². The van der Waals surface area contributed by atoms with Gasteiger partial charge in [0, 0.05) is 22.3 Å². The van der Waals surface area contributed by atoms with Crippen LogP contribution in [-0.2, 0) is 4.79 Å². The van der Waals surface area contributed by atoms with Gasteiger partial charge >= 0.3 is 0 Å². The first-order valence-corrected chi connectivity index (χ1v) is 10.2. The first-order valence-electron chi connectivity index (χ1n) is 8.30. The Labute approximate surface area is 166 Å². The summed E-state index contributed by atoms with van der Waals surface area (Å²) in [6, 6.07) is 7.83. The summed E-state index contributed by atoms with van der Waals surface area (Å²) in [5, 5.41) is 5.90. The Morgan fingerprint density at radius 3 is 2.59 bits per heavy atom. The number of anilines is 1. The van der Waals surface area contributed by atoms with E-state index in [0.29, 0.717) is 10.3 Å². The fourth-order valence-corrected chi connectivity index (χ4v) is 4.00. The van der Waals surface area contributed by atoms with Crippen LogP contribution in [0.25, 0.3) is 11.3 Å². The van der Waals surface area contributed by atoms with Crippen LogP contribution < -0.4 is 10.1 Å². The molecule has 0 saturated carbocycles. The van der Waals surface area contributed by atoms with Crippen LogP contribution in [0.2, 0.25) is 0 Å². The van der Waals surface area contributed by atoms with Gasteiger partial charge in [-0.2, -0.15) is 0 Å². The van der Waals surface area contributed by atoms with E-state index in [0.717, 1.165) is 34.0 Å². The normalized spacial score (nSPS) is 10.7. The van der Waals surface area contributed by atoms with E-state index < -0.39 is 0 Å². The molecule has 2 heterocycles. The minimum Gasteiger partial charge on any atom is -0.496 e. The summed E-state index contributed by atoms with van der Waals surface area (Å²) < 4.78 is 5.41. The highest BCUT2D eigenvalue weighted by Crippen LogP contribution is 2.33. The second kappa shape index (κ2) is 8.49. The van der Waals surface area contributed by atoms with E-state index in [9.17, 15) is 4.79 Å². The number of thioether (sulfide) groups is 1. The van der Waals surface area contributed by atoms with Crippen molar-refractivity contribution in [2.24, 2.45) is 0 Å². The number of benzene rings is 1. The number of thiazole rings is 1. The molecule has 3 aromatic rings. The van der Waals surface area contributed by atoms with E-state index in [1.165, 1.54) is 23.1 Å². The molecule has 3 rings (SSSR count). The minimum atomic E-state index is -0.139. The molecule has 0 aliphatic carbocycles. The molecule has 1 amide bonds. The highest BCUT2D eigenvalue weighted by molar-refractivity contribution is 7.99. The molecule has 27 heavy (non-hydrogen) atoms. The summed E-state index contributed by atoms with van der Waals surface area (Å²) in [6.07, 6.45) is 0. The smallest absolute Gasteiger partial charge is 0.236 e. The average molecular weight is 401 g/mol. The van der Waals surface area contributed by atoms with E-state index >= 15 is 0 Å². The molecule has 0 unspecified atom stereocenters. The lowest BCUT2D eigenvalue weighted by Crippen LogP contribution is -2.14. The van der Waals surface area contributed by atoms with E-state index in [4.69, 9.17) is 4.74 Å². The van der Waals surface area contributed by atoms with Crippen molar-refractivity contribution in [3.05, 3.63) is 46.6 Å². The van der Waals surface area contributed by atoms with Crippen LogP contribution in [0.1, 0.15) is 17.0 Å². The lowest BCUT2D eigenvalue weighted by molar-refractivity contribution is -0.113. The number of rotatable bonds is 6. The fraction of sp³-hybridized carbons (Fsp3) is 0.263. The summed E-state index contributed by atoms with van der Waals surface area (Å²) in [4.78, 5) is 25.4. The molecule has 0 aliphatic rings. The summed E-state index contributed by atoms with van der Waals surface area (Å²) in [5.74, 6) is 0.845. The number of aromatic nitrogens is 3. The van der Waals surface area contributed by atoms with Crippen LogP contribution in [0, 0.1) is 20.8 Å². The SMILES string of the molecule is COc1ccc(C)cc1-c1csc(NC(=O)CSc2nc(C)cc(C)n2)n1. The van der Waals surface area contributed by atoms with Crippen molar-refractivity contribution in [2.75, 3.05) is 18.2 Å². The predicted octanol–water partition coefficient (Wildman–Crippen LogP) is 4.26. The maximum absolute atomic E-state index is 12.2. The van der Waals surface area contributed by atoms with Gasteiger partial charge in [0.05, 0.1) is 18.6 Å². The fourth-order valence-electron chi connectivity index (χ4n) is 2.52. The lowest BCUT2D eigenvalue weighted by atomic mass is 10.1. The molecule has 0 radical (unpaired) electrons. The van der Waals surface area contributed by atoms with Gasteiger partial charge in [-0.05, 0) is 39.0 Å². The molecule has 2 aromatic heterocycles. The second-order valence-corrected chi connectivity index (χ2v) is 7.81. The molecule has 1 aromatic carbocycles. The van der Waals surface area contributed by atoms with E-state index in [-0.39, 0.29) is 11.7 Å². The Balaban J connectivity index is 1.65. The van der Waals surface area contributed by atoms with Crippen molar-refractivity contribution >= 4 is 34.1 Å². The van der Waals surface area contributed by atoms with Crippen molar-refractivity contribution in [1.82, 2.24) is 15.0 Å². The molecule has 0 bridgehead atoms. The van der Waals surface area contributed by atoms with Gasteiger partial charge < -0.3 is 10.1 Å². The Bertz CT molecular complexity index is 952. The van der Waals surface area contributed by atoms with Gasteiger partial charge in [0.1, 0.15) is 5.75 Å². The van der Waals surface area contributed by atoms with Crippen molar-refractivity contribution in [1.29, 1.82) is 0 Å². The van der Waals surface area contributed by atoms with Crippen LogP contribution in [-0.4, -0.2) is 33.7 Å². The number of amides is 1. The van der Waals surface area contributed by atoms with Gasteiger partial charge in [0.15, 0.2) is 10.3 Å². The molecule has 1 N–H and O–H groups in total. The number of ether oxygens (including phenoxy) is 1. The lowest BCUT2D eigenvalue weighted by Gasteiger charge is -2.07. The quantitative estimate of drug-likeness (QED) is 0.492. The van der Waals surface area contributed by atoms with Crippen molar-refractivity contribution in [3.63, 3.8) is 0 Å². The maximum atomic E-state index is 12.2. The minimum absolute atomic E-state index is 0.139. The summed E-state index contributed by atoms with van der Waals surface area (Å²) in [6.45, 7) is 5.84. The number of aryl methyl sites for hydroxylation is 3. The zero-order valence-electron chi connectivity index (χ0n) is 15.6. The van der Waals surface area contributed by atoms with Crippen molar-refractivity contribution < 1.29 is 9.53 Å². The highest BCUT2D eigenvalue weighted by atomic mass is 32.2. The third-order valence-corrected chi connectivity index (χ3v) is 5.28. The summed E-state index contributed by atoms with van der Waals surface area (Å²) in [7, 11) is 1.63. The van der Waals surface area contributed by atoms with Gasteiger partial charge in [-0.3, -0.25) is 4.79 Å². The number of hydrogen-bond acceptors (Lipinski definition) is 7. The first kappa shape index (κ1) is 19.3. The Morgan fingerprint density at radius 2 is 1.89 bits per heavy atom. The molecule has 8 heteroatoms. The Kier molecular flexibility index (Phi) is 6.08. The molecule has 0 aliphatic heterocycles. The van der Waals surface area contributed by atoms with E-state index in [1.807, 2.05) is 50.4 Å². The largest absolute Gasteiger partial charge is 0.496 e. The maximum Gasteiger partial charge on any atom is 0.236 e. The Hall–Kier alpha value is -2.45. The molecular formula is C19H20N4O2S2. The molecule has 140 valence electrons. The number of methoxy groups -OCH3 is 1. The predicted molar refractivity (Wildman–Crippen MR) is 110 cm³/mol. The third kappa shape index (κ3) is 5.05. The molecular weight excluding hydrogens is 380 g/mol. The zero-order valence-corrected chi connectivity index (χ0v) is 17.2. The second-order valence-electron chi connectivity index (χ2n) is 6.01. The monoisotopic (exact) mass is 400 g/mol. The van der Waals surface area contributed by atoms with Crippen LogP contribution >= 0.6 is 23.1 Å². The Morgan fingerprint density at radius 1 is 1.15 bits per heavy atom. The number of carbonyl (C=O) groups excluding carboxylic acids is 1.